The van der Waals surface area contributed by atoms with E-state index in [1.807, 2.05) is 0 Å². The van der Waals surface area contributed by atoms with Crippen molar-refractivity contribution in [3.63, 3.8) is 0 Å². The summed E-state index contributed by atoms with van der Waals surface area (Å²) in [5.41, 5.74) is -0.496. The quantitative estimate of drug-likeness (QED) is 0.686. The van der Waals surface area contributed by atoms with Crippen LogP contribution in [0.4, 0.5) is 14.5 Å². The first-order valence-corrected chi connectivity index (χ1v) is 7.42. The number of nitro groups is 1. The van der Waals surface area contributed by atoms with Crippen LogP contribution in [0.2, 0.25) is 0 Å². The van der Waals surface area contributed by atoms with Crippen LogP contribution >= 0.6 is 0 Å². The van der Waals surface area contributed by atoms with E-state index in [-0.39, 0.29) is 12.1 Å². The van der Waals surface area contributed by atoms with Crippen molar-refractivity contribution in [2.75, 3.05) is 0 Å². The molecule has 1 N–H and O–H groups in total. The fourth-order valence-electron chi connectivity index (χ4n) is 4.68. The molecule has 3 saturated carbocycles. The summed E-state index contributed by atoms with van der Waals surface area (Å²) in [5, 5.41) is 14.0. The van der Waals surface area contributed by atoms with Crippen LogP contribution in [0, 0.1) is 45.4 Å². The average Bonchev–Trinajstić information content (AvgIpc) is 2.82. The Morgan fingerprint density at radius 1 is 1.19 bits per heavy atom. The molecule has 4 rings (SSSR count). The Balaban J connectivity index is 1.46. The summed E-state index contributed by atoms with van der Waals surface area (Å²) in [6.07, 6.45) is 3.95. The van der Waals surface area contributed by atoms with Gasteiger partial charge in [0.05, 0.1) is 4.92 Å². The molecule has 4 atom stereocenters. The average molecular weight is 294 g/mol. The molecular formula is C15H16F2N2O2. The van der Waals surface area contributed by atoms with E-state index in [0.717, 1.165) is 17.9 Å². The van der Waals surface area contributed by atoms with Crippen molar-refractivity contribution in [1.29, 1.82) is 0 Å². The molecule has 0 spiro atoms. The van der Waals surface area contributed by atoms with Crippen LogP contribution in [0.25, 0.3) is 0 Å². The van der Waals surface area contributed by atoms with Gasteiger partial charge in [-0.1, -0.05) is 0 Å². The number of nitrogens with one attached hydrogen (secondary N) is 1. The van der Waals surface area contributed by atoms with Gasteiger partial charge in [0, 0.05) is 30.3 Å². The molecule has 1 aromatic rings. The van der Waals surface area contributed by atoms with Gasteiger partial charge in [-0.25, -0.2) is 4.39 Å². The van der Waals surface area contributed by atoms with Gasteiger partial charge in [0.1, 0.15) is 5.82 Å². The molecule has 3 aliphatic rings. The summed E-state index contributed by atoms with van der Waals surface area (Å²) in [7, 11) is 0. The summed E-state index contributed by atoms with van der Waals surface area (Å²) < 4.78 is 27.0. The third-order valence-corrected chi connectivity index (χ3v) is 5.58. The third-order valence-electron chi connectivity index (χ3n) is 5.58. The predicted molar refractivity (Wildman–Crippen MR) is 71.5 cm³/mol. The number of halogens is 2. The number of nitrogens with zero attached hydrogens (tertiary/aromatic N) is 1. The van der Waals surface area contributed by atoms with Crippen molar-refractivity contribution in [3.05, 3.63) is 39.4 Å². The number of hydrogen-bond donors (Lipinski definition) is 1. The number of benzene rings is 1. The van der Waals surface area contributed by atoms with Gasteiger partial charge in [0.15, 0.2) is 0 Å². The lowest BCUT2D eigenvalue weighted by Crippen LogP contribution is -2.23. The summed E-state index contributed by atoms with van der Waals surface area (Å²) in [6.45, 7) is 0.226. The summed E-state index contributed by atoms with van der Waals surface area (Å²) in [6, 6.07) is 2.02. The Bertz CT molecular complexity index is 606. The van der Waals surface area contributed by atoms with E-state index in [2.05, 4.69) is 5.32 Å². The molecule has 1 aromatic carbocycles. The van der Waals surface area contributed by atoms with E-state index in [1.54, 1.807) is 0 Å². The molecule has 0 heterocycles. The minimum absolute atomic E-state index is 0.167. The lowest BCUT2D eigenvalue weighted by molar-refractivity contribution is -0.387. The monoisotopic (exact) mass is 294 g/mol. The molecule has 0 saturated heterocycles. The molecule has 6 heteroatoms. The molecule has 0 aromatic heterocycles. The fourth-order valence-corrected chi connectivity index (χ4v) is 4.68. The van der Waals surface area contributed by atoms with E-state index in [1.165, 1.54) is 19.3 Å². The van der Waals surface area contributed by atoms with E-state index in [9.17, 15) is 18.9 Å². The van der Waals surface area contributed by atoms with Crippen molar-refractivity contribution >= 4 is 5.69 Å². The van der Waals surface area contributed by atoms with Crippen LogP contribution in [0.15, 0.2) is 12.1 Å². The van der Waals surface area contributed by atoms with Crippen LogP contribution in [0.3, 0.4) is 0 Å². The van der Waals surface area contributed by atoms with Crippen LogP contribution in [0.1, 0.15) is 24.8 Å². The standard InChI is InChI=1S/C15H16F2N2O2/c16-10-5-11(17)12(19(20)21)4-9(10)6-18-15-13-7-1-2-8(3-7)14(13)15/h4-5,7-8,13-15,18H,1-3,6H2. The minimum Gasteiger partial charge on any atom is -0.309 e. The highest BCUT2D eigenvalue weighted by atomic mass is 19.1. The van der Waals surface area contributed by atoms with Crippen molar-refractivity contribution in [2.45, 2.75) is 31.8 Å². The van der Waals surface area contributed by atoms with Crippen molar-refractivity contribution in [3.8, 4) is 0 Å². The Kier molecular flexibility index (Phi) is 2.79. The first-order chi connectivity index (χ1) is 10.1. The molecule has 0 aliphatic heterocycles. The topological polar surface area (TPSA) is 55.2 Å². The number of nitro benzene ring substituents is 1. The highest BCUT2D eigenvalue weighted by molar-refractivity contribution is 5.37. The van der Waals surface area contributed by atoms with E-state index in [4.69, 9.17) is 0 Å². The molecule has 112 valence electrons. The molecular weight excluding hydrogens is 278 g/mol. The molecule has 3 aliphatic carbocycles. The maximum atomic E-state index is 13.7. The zero-order valence-corrected chi connectivity index (χ0v) is 11.4. The van der Waals surface area contributed by atoms with E-state index in [0.29, 0.717) is 23.9 Å². The molecule has 3 fully saturated rings. The third kappa shape index (κ3) is 1.96. The zero-order chi connectivity index (χ0) is 14.7. The van der Waals surface area contributed by atoms with Crippen LogP contribution in [0.5, 0.6) is 0 Å². The largest absolute Gasteiger partial charge is 0.309 e. The second kappa shape index (κ2) is 4.47. The highest BCUT2D eigenvalue weighted by Crippen LogP contribution is 2.65. The Morgan fingerprint density at radius 2 is 1.86 bits per heavy atom. The molecule has 0 radical (unpaired) electrons. The van der Waals surface area contributed by atoms with Gasteiger partial charge in [-0.05, 0) is 42.9 Å². The molecule has 21 heavy (non-hydrogen) atoms. The Labute approximate surface area is 120 Å². The summed E-state index contributed by atoms with van der Waals surface area (Å²) >= 11 is 0. The normalized spacial score (nSPS) is 35.8. The minimum atomic E-state index is -1.12. The lowest BCUT2D eigenvalue weighted by atomic mass is 10.0. The highest BCUT2D eigenvalue weighted by Gasteiger charge is 2.64. The van der Waals surface area contributed by atoms with Gasteiger partial charge in [0.25, 0.3) is 0 Å². The maximum Gasteiger partial charge on any atom is 0.305 e. The molecule has 0 amide bonds. The summed E-state index contributed by atoms with van der Waals surface area (Å²) in [5.74, 6) is 1.20. The maximum absolute atomic E-state index is 13.7. The van der Waals surface area contributed by atoms with Gasteiger partial charge >= 0.3 is 5.69 Å². The van der Waals surface area contributed by atoms with Gasteiger partial charge < -0.3 is 5.32 Å². The van der Waals surface area contributed by atoms with Gasteiger partial charge in [-0.3, -0.25) is 10.1 Å². The Morgan fingerprint density at radius 3 is 2.48 bits per heavy atom. The van der Waals surface area contributed by atoms with Gasteiger partial charge in [0.2, 0.25) is 5.82 Å². The lowest BCUT2D eigenvalue weighted by Gasteiger charge is -2.11. The SMILES string of the molecule is O=[N+]([O-])c1cc(CNC2C3C4CCC(C4)C23)c(F)cc1F. The second-order valence-electron chi connectivity index (χ2n) is 6.55. The second-order valence-corrected chi connectivity index (χ2v) is 6.55. The van der Waals surface area contributed by atoms with Crippen molar-refractivity contribution < 1.29 is 13.7 Å². The van der Waals surface area contributed by atoms with E-state index >= 15 is 0 Å². The van der Waals surface area contributed by atoms with Crippen LogP contribution < -0.4 is 5.32 Å². The zero-order valence-electron chi connectivity index (χ0n) is 11.4. The fraction of sp³-hybridized carbons (Fsp3) is 0.600. The van der Waals surface area contributed by atoms with Crippen molar-refractivity contribution in [1.82, 2.24) is 5.32 Å². The van der Waals surface area contributed by atoms with Gasteiger partial charge in [-0.2, -0.15) is 4.39 Å². The smallest absolute Gasteiger partial charge is 0.305 e. The first kappa shape index (κ1) is 13.1. The molecule has 2 bridgehead atoms. The number of rotatable bonds is 4. The van der Waals surface area contributed by atoms with E-state index < -0.39 is 22.2 Å². The predicted octanol–water partition coefficient (Wildman–Crippen LogP) is 3.01. The molecule has 4 unspecified atom stereocenters. The number of fused-ring (bicyclic) bond motifs is 5. The van der Waals surface area contributed by atoms with Crippen molar-refractivity contribution in [2.24, 2.45) is 23.7 Å². The summed E-state index contributed by atoms with van der Waals surface area (Å²) in [4.78, 5) is 9.90. The van der Waals surface area contributed by atoms with Gasteiger partial charge in [-0.15, -0.1) is 0 Å². The molecule has 4 nitrogen and oxygen atoms in total. The Hall–Kier alpha value is -1.56. The first-order valence-electron chi connectivity index (χ1n) is 7.42. The van der Waals surface area contributed by atoms with Crippen LogP contribution in [-0.4, -0.2) is 11.0 Å². The number of hydrogen-bond acceptors (Lipinski definition) is 3. The van der Waals surface area contributed by atoms with Crippen LogP contribution in [-0.2, 0) is 6.54 Å².